The maximum atomic E-state index is 10.4. The molecule has 0 saturated heterocycles. The number of aromatic hydroxyl groups is 1. The number of nitrogens with one attached hydrogen (secondary N) is 1. The van der Waals surface area contributed by atoms with E-state index in [-0.39, 0.29) is 17.9 Å². The lowest BCUT2D eigenvalue weighted by Crippen LogP contribution is -2.39. The van der Waals surface area contributed by atoms with E-state index in [1.54, 1.807) is 12.3 Å². The summed E-state index contributed by atoms with van der Waals surface area (Å²) in [5.74, 6) is 0.842. The molecule has 6 heteroatoms. The first-order valence-electron chi connectivity index (χ1n) is 8.39. The molecule has 1 saturated carbocycles. The highest BCUT2D eigenvalue weighted by molar-refractivity contribution is 5.98. The van der Waals surface area contributed by atoms with Crippen molar-refractivity contribution in [1.82, 2.24) is 15.2 Å². The summed E-state index contributed by atoms with van der Waals surface area (Å²) in [5, 5.41) is 32.8. The van der Waals surface area contributed by atoms with E-state index in [0.717, 1.165) is 16.5 Å². The van der Waals surface area contributed by atoms with Crippen molar-refractivity contribution in [2.75, 3.05) is 5.32 Å². The molecule has 0 unspecified atom stereocenters. The van der Waals surface area contributed by atoms with Crippen molar-refractivity contribution in [3.8, 4) is 17.0 Å². The maximum Gasteiger partial charge on any atom is 0.158 e. The van der Waals surface area contributed by atoms with Crippen molar-refractivity contribution < 1.29 is 10.2 Å². The molecule has 0 spiro atoms. The van der Waals surface area contributed by atoms with Crippen LogP contribution in [0.5, 0.6) is 5.75 Å². The minimum Gasteiger partial charge on any atom is -0.507 e. The van der Waals surface area contributed by atoms with Gasteiger partial charge in [-0.05, 0) is 56.0 Å². The summed E-state index contributed by atoms with van der Waals surface area (Å²) in [4.78, 5) is 4.49. The number of nitrogens with zero attached hydrogens (tertiary/aromatic N) is 3. The second kappa shape index (κ2) is 5.97. The molecule has 0 bridgehead atoms. The number of rotatable bonds is 3. The van der Waals surface area contributed by atoms with Crippen LogP contribution >= 0.6 is 0 Å². The van der Waals surface area contributed by atoms with Gasteiger partial charge < -0.3 is 15.5 Å². The van der Waals surface area contributed by atoms with Gasteiger partial charge in [0.15, 0.2) is 5.82 Å². The Hall–Kier alpha value is -2.73. The summed E-state index contributed by atoms with van der Waals surface area (Å²) in [6.45, 7) is 3.89. The van der Waals surface area contributed by atoms with Crippen molar-refractivity contribution in [2.24, 2.45) is 0 Å². The fourth-order valence-corrected chi connectivity index (χ4v) is 3.41. The zero-order chi connectivity index (χ0) is 17.6. The molecule has 1 fully saturated rings. The van der Waals surface area contributed by atoms with Crippen LogP contribution in [0, 0.1) is 13.8 Å². The number of benzene rings is 1. The van der Waals surface area contributed by atoms with Gasteiger partial charge in [0.05, 0.1) is 6.10 Å². The van der Waals surface area contributed by atoms with Crippen molar-refractivity contribution in [3.63, 3.8) is 0 Å². The number of phenols is 1. The molecule has 0 amide bonds. The molecule has 0 atom stereocenters. The number of fused-ring (bicyclic) bond motifs is 1. The third-order valence-corrected chi connectivity index (χ3v) is 4.69. The van der Waals surface area contributed by atoms with E-state index in [4.69, 9.17) is 0 Å². The number of phenolic OH excluding ortho intramolecular Hbond substituents is 1. The second-order valence-corrected chi connectivity index (χ2v) is 6.74. The maximum absolute atomic E-state index is 10.4. The van der Waals surface area contributed by atoms with Crippen molar-refractivity contribution >= 4 is 16.7 Å². The van der Waals surface area contributed by atoms with E-state index >= 15 is 0 Å². The number of aryl methyl sites for hydroxylation is 2. The SMILES string of the molecule is Cc1cc(C)c(-c2nnc(NC3CC(O)C3)c3cccnc23)c(O)c1. The number of pyridine rings is 1. The quantitative estimate of drug-likeness (QED) is 0.681. The summed E-state index contributed by atoms with van der Waals surface area (Å²) in [5.41, 5.74) is 3.85. The molecule has 3 N–H and O–H groups in total. The Morgan fingerprint density at radius 1 is 1.16 bits per heavy atom. The van der Waals surface area contributed by atoms with Gasteiger partial charge >= 0.3 is 0 Å². The highest BCUT2D eigenvalue weighted by atomic mass is 16.3. The van der Waals surface area contributed by atoms with Crippen LogP contribution in [0.25, 0.3) is 22.2 Å². The van der Waals surface area contributed by atoms with E-state index in [2.05, 4.69) is 20.5 Å². The van der Waals surface area contributed by atoms with Gasteiger partial charge in [-0.1, -0.05) is 6.07 Å². The Bertz CT molecular complexity index is 928. The van der Waals surface area contributed by atoms with Crippen molar-refractivity contribution in [2.45, 2.75) is 38.8 Å². The first-order valence-corrected chi connectivity index (χ1v) is 8.39. The van der Waals surface area contributed by atoms with Gasteiger partial charge in [0.2, 0.25) is 0 Å². The normalized spacial score (nSPS) is 19.6. The van der Waals surface area contributed by atoms with Crippen LogP contribution in [0.4, 0.5) is 5.82 Å². The first kappa shape index (κ1) is 15.8. The molecule has 4 rings (SSSR count). The lowest BCUT2D eigenvalue weighted by Gasteiger charge is -2.32. The number of anilines is 1. The minimum absolute atomic E-state index is 0.182. The van der Waals surface area contributed by atoms with Gasteiger partial charge in [-0.15, -0.1) is 10.2 Å². The standard InChI is InChI=1S/C19H20N4O2/c1-10-6-11(2)16(15(25)7-10)18-17-14(4-3-5-20-17)19(23-22-18)21-12-8-13(24)9-12/h3-7,12-13,24-25H,8-9H2,1-2H3,(H,21,23). The largest absolute Gasteiger partial charge is 0.507 e. The van der Waals surface area contributed by atoms with Crippen molar-refractivity contribution in [1.29, 1.82) is 0 Å². The number of aliphatic hydroxyl groups is 1. The highest BCUT2D eigenvalue weighted by Gasteiger charge is 2.28. The molecular formula is C19H20N4O2. The van der Waals surface area contributed by atoms with Gasteiger partial charge in [0.25, 0.3) is 0 Å². The molecule has 0 aliphatic heterocycles. The summed E-state index contributed by atoms with van der Waals surface area (Å²) in [6, 6.07) is 7.73. The summed E-state index contributed by atoms with van der Waals surface area (Å²) >= 11 is 0. The fraction of sp³-hybridized carbons (Fsp3) is 0.316. The van der Waals surface area contributed by atoms with E-state index in [1.807, 2.05) is 32.0 Å². The fourth-order valence-electron chi connectivity index (χ4n) is 3.41. The first-order chi connectivity index (χ1) is 12.0. The molecule has 1 aliphatic rings. The van der Waals surface area contributed by atoms with E-state index < -0.39 is 0 Å². The van der Waals surface area contributed by atoms with Crippen LogP contribution in [-0.2, 0) is 0 Å². The second-order valence-electron chi connectivity index (χ2n) is 6.74. The summed E-state index contributed by atoms with van der Waals surface area (Å²) in [6.07, 6.45) is 2.90. The van der Waals surface area contributed by atoms with Gasteiger partial charge in [-0.2, -0.15) is 0 Å². The van der Waals surface area contributed by atoms with Gasteiger partial charge in [0, 0.05) is 23.2 Å². The minimum atomic E-state index is -0.235. The molecule has 1 aliphatic carbocycles. The summed E-state index contributed by atoms with van der Waals surface area (Å²) < 4.78 is 0. The molecule has 25 heavy (non-hydrogen) atoms. The van der Waals surface area contributed by atoms with Gasteiger partial charge in [-0.25, -0.2) is 0 Å². The molecule has 1 aromatic carbocycles. The van der Waals surface area contributed by atoms with Gasteiger partial charge in [0.1, 0.15) is 17.0 Å². The molecule has 2 heterocycles. The zero-order valence-corrected chi connectivity index (χ0v) is 14.2. The van der Waals surface area contributed by atoms with Gasteiger partial charge in [-0.3, -0.25) is 4.98 Å². The third-order valence-electron chi connectivity index (χ3n) is 4.69. The third kappa shape index (κ3) is 2.78. The number of aliphatic hydroxyl groups excluding tert-OH is 1. The predicted molar refractivity (Wildman–Crippen MR) is 96.6 cm³/mol. The average Bonchev–Trinajstić information content (AvgIpc) is 2.54. The van der Waals surface area contributed by atoms with E-state index in [1.165, 1.54) is 0 Å². The highest BCUT2D eigenvalue weighted by Crippen LogP contribution is 2.37. The van der Waals surface area contributed by atoms with Crippen LogP contribution in [0.15, 0.2) is 30.5 Å². The summed E-state index contributed by atoms with van der Waals surface area (Å²) in [7, 11) is 0. The topological polar surface area (TPSA) is 91.2 Å². The molecule has 3 aromatic rings. The van der Waals surface area contributed by atoms with Crippen molar-refractivity contribution in [3.05, 3.63) is 41.6 Å². The van der Waals surface area contributed by atoms with E-state index in [9.17, 15) is 10.2 Å². The molecule has 0 radical (unpaired) electrons. The smallest absolute Gasteiger partial charge is 0.158 e. The Morgan fingerprint density at radius 3 is 2.68 bits per heavy atom. The number of aromatic nitrogens is 3. The van der Waals surface area contributed by atoms with Crippen LogP contribution in [0.1, 0.15) is 24.0 Å². The lowest BCUT2D eigenvalue weighted by molar-refractivity contribution is 0.0835. The van der Waals surface area contributed by atoms with Crippen LogP contribution in [-0.4, -0.2) is 37.5 Å². The average molecular weight is 336 g/mol. The lowest BCUT2D eigenvalue weighted by atomic mass is 9.89. The Morgan fingerprint density at radius 2 is 1.96 bits per heavy atom. The Labute approximate surface area is 145 Å². The predicted octanol–water partition coefficient (Wildman–Crippen LogP) is 2.95. The molecule has 6 nitrogen and oxygen atoms in total. The monoisotopic (exact) mass is 336 g/mol. The zero-order valence-electron chi connectivity index (χ0n) is 14.2. The Kier molecular flexibility index (Phi) is 3.77. The Balaban J connectivity index is 1.84. The van der Waals surface area contributed by atoms with Crippen LogP contribution in [0.2, 0.25) is 0 Å². The number of hydrogen-bond donors (Lipinski definition) is 3. The van der Waals surface area contributed by atoms with E-state index in [0.29, 0.717) is 35.4 Å². The molecule has 128 valence electrons. The van der Waals surface area contributed by atoms with Crippen LogP contribution < -0.4 is 5.32 Å². The molecular weight excluding hydrogens is 316 g/mol. The number of hydrogen-bond acceptors (Lipinski definition) is 6. The van der Waals surface area contributed by atoms with Crippen LogP contribution in [0.3, 0.4) is 0 Å². The molecule has 2 aromatic heterocycles.